The molecule has 0 spiro atoms. The summed E-state index contributed by atoms with van der Waals surface area (Å²) in [6.07, 6.45) is 4.21. The second-order valence-electron chi connectivity index (χ2n) is 5.48. The molecule has 1 atom stereocenters. The molecular weight excluding hydrogens is 322 g/mol. The molecule has 2 heterocycles. The maximum Gasteiger partial charge on any atom is 0.237 e. The van der Waals surface area contributed by atoms with Crippen LogP contribution in [0.2, 0.25) is 0 Å². The van der Waals surface area contributed by atoms with Crippen LogP contribution in [0.3, 0.4) is 0 Å². The minimum atomic E-state index is -0.283. The van der Waals surface area contributed by atoms with Crippen LogP contribution < -0.4 is 5.32 Å². The maximum atomic E-state index is 12.4. The minimum absolute atomic E-state index is 0.0556. The van der Waals surface area contributed by atoms with E-state index in [-0.39, 0.29) is 11.2 Å². The van der Waals surface area contributed by atoms with Gasteiger partial charge in [0.05, 0.1) is 16.8 Å². The first-order chi connectivity index (χ1) is 11.6. The molecular formula is C17H19N5OS. The van der Waals surface area contributed by atoms with Gasteiger partial charge in [-0.1, -0.05) is 30.8 Å². The van der Waals surface area contributed by atoms with Crippen LogP contribution in [-0.2, 0) is 18.3 Å². The smallest absolute Gasteiger partial charge is 0.237 e. The van der Waals surface area contributed by atoms with Crippen molar-refractivity contribution in [3.05, 3.63) is 42.4 Å². The highest BCUT2D eigenvalue weighted by molar-refractivity contribution is 8.00. The van der Waals surface area contributed by atoms with Crippen molar-refractivity contribution < 1.29 is 4.79 Å². The van der Waals surface area contributed by atoms with Crippen molar-refractivity contribution in [3.63, 3.8) is 0 Å². The summed E-state index contributed by atoms with van der Waals surface area (Å²) in [5.74, 6) is -0.0556. The largest absolute Gasteiger partial charge is 0.325 e. The third-order valence-electron chi connectivity index (χ3n) is 3.78. The van der Waals surface area contributed by atoms with Gasteiger partial charge in [0.15, 0.2) is 5.65 Å². The Morgan fingerprint density at radius 3 is 2.75 bits per heavy atom. The summed E-state index contributed by atoms with van der Waals surface area (Å²) in [5.41, 5.74) is 2.81. The van der Waals surface area contributed by atoms with Crippen LogP contribution in [0.5, 0.6) is 0 Å². The number of carbonyl (C=O) groups is 1. The average Bonchev–Trinajstić information content (AvgIpc) is 2.98. The third-order valence-corrected chi connectivity index (χ3v) is 4.90. The van der Waals surface area contributed by atoms with E-state index in [2.05, 4.69) is 27.3 Å². The van der Waals surface area contributed by atoms with Gasteiger partial charge in [0, 0.05) is 12.7 Å². The molecule has 3 rings (SSSR count). The van der Waals surface area contributed by atoms with Crippen molar-refractivity contribution >= 4 is 34.4 Å². The van der Waals surface area contributed by atoms with Crippen molar-refractivity contribution in [1.29, 1.82) is 0 Å². The first-order valence-corrected chi connectivity index (χ1v) is 8.65. The molecule has 1 aromatic carbocycles. The molecule has 1 unspecified atom stereocenters. The molecule has 3 aromatic rings. The Morgan fingerprint density at radius 1 is 1.29 bits per heavy atom. The minimum Gasteiger partial charge on any atom is -0.325 e. The fourth-order valence-corrected chi connectivity index (χ4v) is 3.20. The van der Waals surface area contributed by atoms with Gasteiger partial charge >= 0.3 is 0 Å². The van der Waals surface area contributed by atoms with E-state index < -0.39 is 0 Å². The molecule has 6 nitrogen and oxygen atoms in total. The molecule has 124 valence electrons. The van der Waals surface area contributed by atoms with E-state index in [4.69, 9.17) is 0 Å². The van der Waals surface area contributed by atoms with Crippen LogP contribution in [-0.4, -0.2) is 30.9 Å². The number of nitrogens with one attached hydrogen (secondary N) is 1. The van der Waals surface area contributed by atoms with Gasteiger partial charge in [0.1, 0.15) is 11.4 Å². The first kappa shape index (κ1) is 16.4. The molecule has 0 fully saturated rings. The predicted molar refractivity (Wildman–Crippen MR) is 96.1 cm³/mol. The third kappa shape index (κ3) is 3.41. The van der Waals surface area contributed by atoms with Crippen molar-refractivity contribution in [2.75, 3.05) is 5.32 Å². The van der Waals surface area contributed by atoms with E-state index in [1.54, 1.807) is 10.9 Å². The Bertz CT molecular complexity index is 859. The number of aromatic nitrogens is 4. The van der Waals surface area contributed by atoms with Crippen LogP contribution in [0.1, 0.15) is 19.4 Å². The van der Waals surface area contributed by atoms with Crippen LogP contribution >= 0.6 is 11.8 Å². The fourth-order valence-electron chi connectivity index (χ4n) is 2.32. The second kappa shape index (κ2) is 7.00. The molecule has 2 aromatic heterocycles. The quantitative estimate of drug-likeness (QED) is 0.570. The number of fused-ring (bicyclic) bond motifs is 1. The molecule has 0 aliphatic carbocycles. The molecule has 0 radical (unpaired) electrons. The molecule has 1 amide bonds. The molecule has 0 bridgehead atoms. The Kier molecular flexibility index (Phi) is 4.80. The van der Waals surface area contributed by atoms with Crippen LogP contribution in [0.15, 0.2) is 41.8 Å². The van der Waals surface area contributed by atoms with E-state index in [0.717, 1.165) is 28.2 Å². The summed E-state index contributed by atoms with van der Waals surface area (Å²) < 4.78 is 1.70. The lowest BCUT2D eigenvalue weighted by Gasteiger charge is -2.12. The topological polar surface area (TPSA) is 72.7 Å². The number of hydrogen-bond acceptors (Lipinski definition) is 5. The van der Waals surface area contributed by atoms with Gasteiger partial charge in [-0.3, -0.25) is 9.48 Å². The molecule has 0 aliphatic rings. The number of anilines is 1. The highest BCUT2D eigenvalue weighted by atomic mass is 32.2. The zero-order valence-electron chi connectivity index (χ0n) is 13.9. The van der Waals surface area contributed by atoms with Gasteiger partial charge in [-0.2, -0.15) is 5.10 Å². The first-order valence-electron chi connectivity index (χ1n) is 7.77. The van der Waals surface area contributed by atoms with Crippen molar-refractivity contribution in [3.8, 4) is 0 Å². The van der Waals surface area contributed by atoms with Crippen LogP contribution in [0, 0.1) is 0 Å². The van der Waals surface area contributed by atoms with Crippen molar-refractivity contribution in [1.82, 2.24) is 19.7 Å². The fraction of sp³-hybridized carbons (Fsp3) is 0.294. The number of thioether (sulfide) groups is 1. The van der Waals surface area contributed by atoms with Gasteiger partial charge < -0.3 is 5.32 Å². The van der Waals surface area contributed by atoms with Gasteiger partial charge in [0.2, 0.25) is 5.91 Å². The summed E-state index contributed by atoms with van der Waals surface area (Å²) in [6, 6.07) is 7.91. The van der Waals surface area contributed by atoms with E-state index in [1.165, 1.54) is 23.7 Å². The molecule has 7 heteroatoms. The highest BCUT2D eigenvalue weighted by Crippen LogP contribution is 2.28. The zero-order valence-corrected chi connectivity index (χ0v) is 14.7. The molecule has 24 heavy (non-hydrogen) atoms. The van der Waals surface area contributed by atoms with Crippen LogP contribution in [0.4, 0.5) is 5.69 Å². The van der Waals surface area contributed by atoms with E-state index in [9.17, 15) is 4.79 Å². The molecule has 0 saturated carbocycles. The van der Waals surface area contributed by atoms with E-state index >= 15 is 0 Å². The van der Waals surface area contributed by atoms with Crippen molar-refractivity contribution in [2.45, 2.75) is 30.5 Å². The number of hydrogen-bond donors (Lipinski definition) is 1. The standard InChI is InChI=1S/C17H19N5OS/c1-4-12-5-7-13(8-6-12)21-16(23)11(2)24-17-14-9-20-22(3)15(14)18-10-19-17/h5-11H,4H2,1-3H3,(H,21,23). The van der Waals surface area contributed by atoms with Gasteiger partial charge in [-0.25, -0.2) is 9.97 Å². The Morgan fingerprint density at radius 2 is 2.04 bits per heavy atom. The Labute approximate surface area is 144 Å². The summed E-state index contributed by atoms with van der Waals surface area (Å²) in [6.45, 7) is 3.97. The van der Waals surface area contributed by atoms with Gasteiger partial charge in [0.25, 0.3) is 0 Å². The number of rotatable bonds is 5. The second-order valence-corrected chi connectivity index (χ2v) is 6.81. The number of nitrogens with zero attached hydrogens (tertiary/aromatic N) is 4. The van der Waals surface area contributed by atoms with Gasteiger partial charge in [-0.15, -0.1) is 0 Å². The number of carbonyl (C=O) groups excluding carboxylic acids is 1. The predicted octanol–water partition coefficient (Wildman–Crippen LogP) is 3.05. The zero-order chi connectivity index (χ0) is 17.1. The monoisotopic (exact) mass is 341 g/mol. The number of aryl methyl sites for hydroxylation is 2. The summed E-state index contributed by atoms with van der Waals surface area (Å²) in [7, 11) is 1.83. The summed E-state index contributed by atoms with van der Waals surface area (Å²) >= 11 is 1.40. The summed E-state index contributed by atoms with van der Waals surface area (Å²) in [4.78, 5) is 20.9. The number of benzene rings is 1. The maximum absolute atomic E-state index is 12.4. The highest BCUT2D eigenvalue weighted by Gasteiger charge is 2.18. The van der Waals surface area contributed by atoms with E-state index in [1.807, 2.05) is 38.2 Å². The Balaban J connectivity index is 1.71. The molecule has 0 aliphatic heterocycles. The molecule has 1 N–H and O–H groups in total. The van der Waals surface area contributed by atoms with Crippen molar-refractivity contribution in [2.24, 2.45) is 7.05 Å². The molecule has 0 saturated heterocycles. The van der Waals surface area contributed by atoms with Crippen LogP contribution in [0.25, 0.3) is 11.0 Å². The normalized spacial score (nSPS) is 12.3. The van der Waals surface area contributed by atoms with E-state index in [0.29, 0.717) is 0 Å². The van der Waals surface area contributed by atoms with Gasteiger partial charge in [-0.05, 0) is 31.0 Å². The summed E-state index contributed by atoms with van der Waals surface area (Å²) in [5, 5.41) is 8.47. The SMILES string of the molecule is CCc1ccc(NC(=O)C(C)Sc2ncnc3c2cnn3C)cc1. The average molecular weight is 341 g/mol. The number of amides is 1. The lowest BCUT2D eigenvalue weighted by molar-refractivity contribution is -0.115. The Hall–Kier alpha value is -2.41. The lowest BCUT2D eigenvalue weighted by atomic mass is 10.1. The lowest BCUT2D eigenvalue weighted by Crippen LogP contribution is -2.22.